The van der Waals surface area contributed by atoms with Crippen LogP contribution in [0.25, 0.3) is 0 Å². The van der Waals surface area contributed by atoms with Crippen molar-refractivity contribution in [2.75, 3.05) is 32.1 Å². The van der Waals surface area contributed by atoms with E-state index in [4.69, 9.17) is 11.6 Å². The van der Waals surface area contributed by atoms with Crippen LogP contribution in [0.5, 0.6) is 0 Å². The van der Waals surface area contributed by atoms with Gasteiger partial charge in [-0.2, -0.15) is 0 Å². The molecule has 0 fully saturated rings. The average Bonchev–Trinajstić information content (AvgIpc) is 2.61. The van der Waals surface area contributed by atoms with Crippen LogP contribution in [0.4, 0.5) is 5.82 Å². The van der Waals surface area contributed by atoms with E-state index >= 15 is 0 Å². The number of nitrogens with zero attached hydrogens (tertiary/aromatic N) is 4. The summed E-state index contributed by atoms with van der Waals surface area (Å²) in [6.07, 6.45) is 2.65. The largest absolute Gasteiger partial charge is 0.363 e. The molecule has 7 heteroatoms. The first kappa shape index (κ1) is 19.0. The van der Waals surface area contributed by atoms with Crippen LogP contribution in [0.3, 0.4) is 0 Å². The molecule has 0 aliphatic heterocycles. The molecule has 0 amide bonds. The van der Waals surface area contributed by atoms with Crippen molar-refractivity contribution >= 4 is 23.4 Å². The van der Waals surface area contributed by atoms with Crippen LogP contribution in [-0.4, -0.2) is 43.1 Å². The molecule has 0 aliphatic carbocycles. The highest BCUT2D eigenvalue weighted by Crippen LogP contribution is 2.08. The van der Waals surface area contributed by atoms with Gasteiger partial charge in [0.05, 0.1) is 12.2 Å². The standard InChI is InChI=1S/C18H25ClN6/c1-4-20-18(21-11-10-14-8-9-16(19)22-12-14)23-13-15-6-5-7-17(24-15)25(2)3/h5-9,12H,4,10-11,13H2,1-3H3,(H2,20,21,23). The van der Waals surface area contributed by atoms with Gasteiger partial charge in [0.25, 0.3) is 0 Å². The molecule has 2 heterocycles. The van der Waals surface area contributed by atoms with Crippen molar-refractivity contribution in [3.05, 3.63) is 52.9 Å². The van der Waals surface area contributed by atoms with Gasteiger partial charge in [-0.1, -0.05) is 23.7 Å². The second-order valence-electron chi connectivity index (χ2n) is 5.74. The second kappa shape index (κ2) is 9.84. The molecule has 0 aromatic carbocycles. The first-order chi connectivity index (χ1) is 12.1. The maximum absolute atomic E-state index is 5.80. The minimum absolute atomic E-state index is 0.513. The SMILES string of the molecule is CCNC(=NCc1cccc(N(C)C)n1)NCCc1ccc(Cl)nc1. The van der Waals surface area contributed by atoms with Gasteiger partial charge in [0.15, 0.2) is 5.96 Å². The second-order valence-corrected chi connectivity index (χ2v) is 6.13. The third kappa shape index (κ3) is 6.58. The number of aromatic nitrogens is 2. The Kier molecular flexibility index (Phi) is 7.47. The number of halogens is 1. The lowest BCUT2D eigenvalue weighted by Crippen LogP contribution is -2.38. The van der Waals surface area contributed by atoms with Crippen molar-refractivity contribution < 1.29 is 0 Å². The number of hydrogen-bond donors (Lipinski definition) is 2. The van der Waals surface area contributed by atoms with Gasteiger partial charge in [0, 0.05) is 33.4 Å². The molecule has 0 bridgehead atoms. The van der Waals surface area contributed by atoms with Crippen molar-refractivity contribution in [3.63, 3.8) is 0 Å². The predicted molar refractivity (Wildman–Crippen MR) is 104 cm³/mol. The third-order valence-corrected chi connectivity index (χ3v) is 3.71. The minimum atomic E-state index is 0.513. The van der Waals surface area contributed by atoms with E-state index in [2.05, 4.69) is 25.6 Å². The Hall–Kier alpha value is -2.34. The fourth-order valence-electron chi connectivity index (χ4n) is 2.19. The van der Waals surface area contributed by atoms with Gasteiger partial charge in [-0.3, -0.25) is 0 Å². The molecule has 0 aliphatic rings. The Morgan fingerprint density at radius 1 is 1.20 bits per heavy atom. The Labute approximate surface area is 154 Å². The molecule has 134 valence electrons. The zero-order valence-electron chi connectivity index (χ0n) is 15.0. The molecule has 0 saturated carbocycles. The smallest absolute Gasteiger partial charge is 0.191 e. The van der Waals surface area contributed by atoms with Crippen molar-refractivity contribution in [3.8, 4) is 0 Å². The lowest BCUT2D eigenvalue weighted by atomic mass is 10.2. The molecule has 2 aromatic heterocycles. The van der Waals surface area contributed by atoms with Crippen molar-refractivity contribution in [2.45, 2.75) is 19.9 Å². The molecule has 0 spiro atoms. The molecule has 6 nitrogen and oxygen atoms in total. The van der Waals surface area contributed by atoms with Crippen molar-refractivity contribution in [2.24, 2.45) is 4.99 Å². The van der Waals surface area contributed by atoms with Crippen molar-refractivity contribution in [1.29, 1.82) is 0 Å². The van der Waals surface area contributed by atoms with Crippen LogP contribution in [0, 0.1) is 0 Å². The molecule has 2 aromatic rings. The van der Waals surface area contributed by atoms with Crippen LogP contribution in [-0.2, 0) is 13.0 Å². The van der Waals surface area contributed by atoms with E-state index in [0.717, 1.165) is 42.5 Å². The minimum Gasteiger partial charge on any atom is -0.363 e. The first-order valence-corrected chi connectivity index (χ1v) is 8.72. The fraction of sp³-hybridized carbons (Fsp3) is 0.389. The van der Waals surface area contributed by atoms with E-state index in [9.17, 15) is 0 Å². The highest BCUT2D eigenvalue weighted by Gasteiger charge is 2.02. The fourth-order valence-corrected chi connectivity index (χ4v) is 2.30. The van der Waals surface area contributed by atoms with Crippen LogP contribution in [0.1, 0.15) is 18.2 Å². The average molecular weight is 361 g/mol. The number of nitrogens with one attached hydrogen (secondary N) is 2. The van der Waals surface area contributed by atoms with Crippen LogP contribution in [0.15, 0.2) is 41.5 Å². The normalized spacial score (nSPS) is 11.3. The van der Waals surface area contributed by atoms with Gasteiger partial charge in [0.2, 0.25) is 0 Å². The Morgan fingerprint density at radius 2 is 2.04 bits per heavy atom. The van der Waals surface area contributed by atoms with Gasteiger partial charge in [-0.25, -0.2) is 15.0 Å². The Balaban J connectivity index is 1.91. The summed E-state index contributed by atoms with van der Waals surface area (Å²) in [7, 11) is 3.96. The van der Waals surface area contributed by atoms with Gasteiger partial charge < -0.3 is 15.5 Å². The molecular formula is C18H25ClN6. The molecule has 2 N–H and O–H groups in total. The Bertz CT molecular complexity index is 684. The van der Waals surface area contributed by atoms with E-state index in [0.29, 0.717) is 11.7 Å². The molecule has 0 saturated heterocycles. The molecule has 2 rings (SSSR count). The van der Waals surface area contributed by atoms with E-state index < -0.39 is 0 Å². The molecule has 0 atom stereocenters. The van der Waals surface area contributed by atoms with E-state index in [-0.39, 0.29) is 0 Å². The number of anilines is 1. The topological polar surface area (TPSA) is 65.4 Å². The van der Waals surface area contributed by atoms with Crippen LogP contribution >= 0.6 is 11.6 Å². The number of aliphatic imine (C=N–C) groups is 1. The summed E-state index contributed by atoms with van der Waals surface area (Å²) in [5, 5.41) is 7.09. The van der Waals surface area contributed by atoms with Gasteiger partial charge in [-0.15, -0.1) is 0 Å². The van der Waals surface area contributed by atoms with Crippen molar-refractivity contribution in [1.82, 2.24) is 20.6 Å². The summed E-state index contributed by atoms with van der Waals surface area (Å²) in [5.41, 5.74) is 2.07. The van der Waals surface area contributed by atoms with Gasteiger partial charge in [-0.05, 0) is 37.1 Å². The third-order valence-electron chi connectivity index (χ3n) is 3.49. The van der Waals surface area contributed by atoms with Crippen LogP contribution < -0.4 is 15.5 Å². The predicted octanol–water partition coefficient (Wildman–Crippen LogP) is 2.49. The Morgan fingerprint density at radius 3 is 2.72 bits per heavy atom. The number of guanidine groups is 1. The zero-order valence-corrected chi connectivity index (χ0v) is 15.7. The van der Waals surface area contributed by atoms with Gasteiger partial charge >= 0.3 is 0 Å². The van der Waals surface area contributed by atoms with E-state index in [1.165, 1.54) is 0 Å². The molecule has 0 unspecified atom stereocenters. The highest BCUT2D eigenvalue weighted by molar-refractivity contribution is 6.29. The number of hydrogen-bond acceptors (Lipinski definition) is 4. The number of pyridine rings is 2. The lowest BCUT2D eigenvalue weighted by Gasteiger charge is -2.13. The quantitative estimate of drug-likeness (QED) is 0.451. The summed E-state index contributed by atoms with van der Waals surface area (Å²) in [5.74, 6) is 1.71. The summed E-state index contributed by atoms with van der Waals surface area (Å²) in [6, 6.07) is 9.76. The zero-order chi connectivity index (χ0) is 18.1. The van der Waals surface area contributed by atoms with Crippen LogP contribution in [0.2, 0.25) is 5.15 Å². The summed E-state index contributed by atoms with van der Waals surface area (Å²) >= 11 is 5.80. The first-order valence-electron chi connectivity index (χ1n) is 8.34. The number of rotatable bonds is 7. The molecule has 0 radical (unpaired) electrons. The summed E-state index contributed by atoms with van der Waals surface area (Å²) in [6.45, 7) is 4.14. The molecular weight excluding hydrogens is 336 g/mol. The summed E-state index contributed by atoms with van der Waals surface area (Å²) in [4.78, 5) is 15.3. The van der Waals surface area contributed by atoms with E-state index in [1.807, 2.05) is 50.2 Å². The van der Waals surface area contributed by atoms with E-state index in [1.54, 1.807) is 12.3 Å². The monoisotopic (exact) mass is 360 g/mol. The maximum Gasteiger partial charge on any atom is 0.191 e. The summed E-state index contributed by atoms with van der Waals surface area (Å²) < 4.78 is 0. The van der Waals surface area contributed by atoms with Gasteiger partial charge in [0.1, 0.15) is 11.0 Å². The lowest BCUT2D eigenvalue weighted by molar-refractivity contribution is 0.795. The molecule has 25 heavy (non-hydrogen) atoms. The highest BCUT2D eigenvalue weighted by atomic mass is 35.5. The maximum atomic E-state index is 5.80.